The van der Waals surface area contributed by atoms with Crippen LogP contribution in [0.25, 0.3) is 0 Å². The number of nitrogens with one attached hydrogen (secondary N) is 2. The third-order valence-electron chi connectivity index (χ3n) is 3.87. The number of alkyl halides is 3. The van der Waals surface area contributed by atoms with E-state index in [4.69, 9.17) is 9.47 Å². The number of phenolic OH excluding ortho intramolecular Hbond substituents is 1. The summed E-state index contributed by atoms with van der Waals surface area (Å²) in [5, 5.41) is 16.1. The van der Waals surface area contributed by atoms with Crippen LogP contribution >= 0.6 is 24.0 Å². The van der Waals surface area contributed by atoms with Gasteiger partial charge in [-0.2, -0.15) is 13.2 Å². The van der Waals surface area contributed by atoms with Gasteiger partial charge in [0.25, 0.3) is 0 Å². The number of halogens is 4. The molecule has 0 aliphatic carbocycles. The van der Waals surface area contributed by atoms with Gasteiger partial charge in [0.2, 0.25) is 0 Å². The Bertz CT molecular complexity index is 831. The zero-order valence-corrected chi connectivity index (χ0v) is 19.7. The fourth-order valence-corrected chi connectivity index (χ4v) is 2.49. The first kappa shape index (κ1) is 26.7. The van der Waals surface area contributed by atoms with Crippen LogP contribution in [0.5, 0.6) is 17.2 Å². The summed E-state index contributed by atoms with van der Waals surface area (Å²) < 4.78 is 46.7. The quantitative estimate of drug-likeness (QED) is 0.241. The first-order chi connectivity index (χ1) is 14.3. The number of hydrogen-bond donors (Lipinski definition) is 3. The molecule has 31 heavy (non-hydrogen) atoms. The van der Waals surface area contributed by atoms with Gasteiger partial charge in [-0.25, -0.2) is 4.99 Å². The van der Waals surface area contributed by atoms with Crippen LogP contribution in [0, 0.1) is 0 Å². The molecular weight excluding hydrogens is 526 g/mol. The SMILES string of the molecule is CCNC(=NCc1ccc(O)c(OCC)c1)NCc1ccc(OCC(F)(F)F)cc1.I. The molecule has 172 valence electrons. The highest BCUT2D eigenvalue weighted by atomic mass is 127. The van der Waals surface area contributed by atoms with Gasteiger partial charge in [-0.15, -0.1) is 24.0 Å². The lowest BCUT2D eigenvalue weighted by Gasteiger charge is -2.13. The van der Waals surface area contributed by atoms with Crippen molar-refractivity contribution >= 4 is 29.9 Å². The summed E-state index contributed by atoms with van der Waals surface area (Å²) in [5.41, 5.74) is 1.74. The minimum Gasteiger partial charge on any atom is -0.504 e. The van der Waals surface area contributed by atoms with Crippen molar-refractivity contribution in [2.45, 2.75) is 33.1 Å². The van der Waals surface area contributed by atoms with Gasteiger partial charge in [0.1, 0.15) is 5.75 Å². The number of aliphatic imine (C=N–C) groups is 1. The molecule has 0 heterocycles. The van der Waals surface area contributed by atoms with E-state index in [2.05, 4.69) is 15.6 Å². The number of benzene rings is 2. The second-order valence-electron chi connectivity index (χ2n) is 6.33. The Hall–Kier alpha value is -2.37. The van der Waals surface area contributed by atoms with E-state index in [0.717, 1.165) is 11.1 Å². The van der Waals surface area contributed by atoms with Crippen LogP contribution in [0.1, 0.15) is 25.0 Å². The summed E-state index contributed by atoms with van der Waals surface area (Å²) in [6.45, 7) is 4.39. The Labute approximate surface area is 196 Å². The normalized spacial score (nSPS) is 11.5. The third kappa shape index (κ3) is 9.99. The molecule has 0 unspecified atom stereocenters. The van der Waals surface area contributed by atoms with Crippen LogP contribution < -0.4 is 20.1 Å². The minimum atomic E-state index is -4.36. The summed E-state index contributed by atoms with van der Waals surface area (Å²) in [5.74, 6) is 1.24. The number of ether oxygens (including phenoxy) is 2. The van der Waals surface area contributed by atoms with E-state index < -0.39 is 12.8 Å². The van der Waals surface area contributed by atoms with Crippen LogP contribution in [0.2, 0.25) is 0 Å². The predicted molar refractivity (Wildman–Crippen MR) is 124 cm³/mol. The summed E-state index contributed by atoms with van der Waals surface area (Å²) in [7, 11) is 0. The van der Waals surface area contributed by atoms with E-state index in [1.807, 2.05) is 13.8 Å². The van der Waals surface area contributed by atoms with E-state index >= 15 is 0 Å². The average molecular weight is 553 g/mol. The van der Waals surface area contributed by atoms with E-state index in [1.54, 1.807) is 30.3 Å². The molecule has 0 bridgehead atoms. The highest BCUT2D eigenvalue weighted by Gasteiger charge is 2.28. The first-order valence-electron chi connectivity index (χ1n) is 9.56. The molecule has 0 saturated heterocycles. The van der Waals surface area contributed by atoms with Crippen LogP contribution in [0.4, 0.5) is 13.2 Å². The van der Waals surface area contributed by atoms with Gasteiger partial charge >= 0.3 is 6.18 Å². The highest BCUT2D eigenvalue weighted by molar-refractivity contribution is 14.0. The van der Waals surface area contributed by atoms with Crippen molar-refractivity contribution in [2.24, 2.45) is 4.99 Å². The highest BCUT2D eigenvalue weighted by Crippen LogP contribution is 2.27. The zero-order valence-electron chi connectivity index (χ0n) is 17.3. The maximum Gasteiger partial charge on any atom is 0.422 e. The molecule has 0 aliphatic rings. The van der Waals surface area contributed by atoms with Crippen molar-refractivity contribution in [1.29, 1.82) is 0 Å². The Morgan fingerprint density at radius 2 is 1.68 bits per heavy atom. The Kier molecular flexibility index (Phi) is 11.3. The van der Waals surface area contributed by atoms with Crippen molar-refractivity contribution in [3.8, 4) is 17.2 Å². The van der Waals surface area contributed by atoms with Gasteiger partial charge in [-0.05, 0) is 49.2 Å². The van der Waals surface area contributed by atoms with Crippen molar-refractivity contribution < 1.29 is 27.8 Å². The predicted octanol–water partition coefficient (Wildman–Crippen LogP) is 4.61. The monoisotopic (exact) mass is 553 g/mol. The Balaban J connectivity index is 0.00000480. The van der Waals surface area contributed by atoms with Gasteiger partial charge in [0.15, 0.2) is 24.1 Å². The van der Waals surface area contributed by atoms with Gasteiger partial charge in [0, 0.05) is 13.1 Å². The smallest absolute Gasteiger partial charge is 0.422 e. The second kappa shape index (κ2) is 13.1. The van der Waals surface area contributed by atoms with Crippen molar-refractivity contribution in [3.63, 3.8) is 0 Å². The molecule has 2 aromatic carbocycles. The molecule has 0 spiro atoms. The lowest BCUT2D eigenvalue weighted by molar-refractivity contribution is -0.153. The van der Waals surface area contributed by atoms with Crippen molar-refractivity contribution in [2.75, 3.05) is 19.8 Å². The van der Waals surface area contributed by atoms with E-state index in [9.17, 15) is 18.3 Å². The van der Waals surface area contributed by atoms with Gasteiger partial charge in [-0.1, -0.05) is 18.2 Å². The lowest BCUT2D eigenvalue weighted by atomic mass is 10.2. The van der Waals surface area contributed by atoms with Crippen LogP contribution in [0.15, 0.2) is 47.5 Å². The van der Waals surface area contributed by atoms with E-state index in [1.165, 1.54) is 12.1 Å². The average Bonchev–Trinajstić information content (AvgIpc) is 2.71. The third-order valence-corrected chi connectivity index (χ3v) is 3.87. The zero-order chi connectivity index (χ0) is 22.0. The number of hydrogen-bond acceptors (Lipinski definition) is 4. The fraction of sp³-hybridized carbons (Fsp3) is 0.381. The molecule has 10 heteroatoms. The van der Waals surface area contributed by atoms with Gasteiger partial charge < -0.3 is 25.2 Å². The van der Waals surface area contributed by atoms with E-state index in [-0.39, 0.29) is 35.5 Å². The molecule has 2 rings (SSSR count). The molecule has 0 aromatic heterocycles. The Morgan fingerprint density at radius 3 is 2.29 bits per heavy atom. The maximum absolute atomic E-state index is 12.2. The molecular formula is C21H27F3IN3O3. The summed E-state index contributed by atoms with van der Waals surface area (Å²) in [6, 6.07) is 11.5. The summed E-state index contributed by atoms with van der Waals surface area (Å²) in [6.07, 6.45) is -4.36. The molecule has 0 radical (unpaired) electrons. The first-order valence-corrected chi connectivity index (χ1v) is 9.56. The van der Waals surface area contributed by atoms with Crippen LogP contribution in [0.3, 0.4) is 0 Å². The number of aromatic hydroxyl groups is 1. The largest absolute Gasteiger partial charge is 0.504 e. The molecule has 0 aliphatic heterocycles. The number of phenols is 1. The maximum atomic E-state index is 12.2. The summed E-state index contributed by atoms with van der Waals surface area (Å²) in [4.78, 5) is 4.51. The van der Waals surface area contributed by atoms with E-state index in [0.29, 0.717) is 38.0 Å². The molecule has 0 amide bonds. The number of nitrogens with zero attached hydrogens (tertiary/aromatic N) is 1. The molecule has 3 N–H and O–H groups in total. The number of rotatable bonds is 9. The molecule has 0 fully saturated rings. The van der Waals surface area contributed by atoms with Crippen LogP contribution in [-0.2, 0) is 13.1 Å². The van der Waals surface area contributed by atoms with Crippen molar-refractivity contribution in [1.82, 2.24) is 10.6 Å². The topological polar surface area (TPSA) is 75.1 Å². The van der Waals surface area contributed by atoms with Gasteiger partial charge in [-0.3, -0.25) is 0 Å². The standard InChI is InChI=1S/C21H26F3N3O3.HI/c1-3-25-20(27-13-16-7-10-18(28)19(11-16)29-4-2)26-12-15-5-8-17(9-6-15)30-14-21(22,23)24;/h5-11,28H,3-4,12-14H2,1-2H3,(H2,25,26,27);1H. The Morgan fingerprint density at radius 1 is 1.00 bits per heavy atom. The van der Waals surface area contributed by atoms with Crippen LogP contribution in [-0.4, -0.2) is 37.0 Å². The number of guanidine groups is 1. The second-order valence-corrected chi connectivity index (χ2v) is 6.33. The molecule has 0 atom stereocenters. The molecule has 6 nitrogen and oxygen atoms in total. The summed E-state index contributed by atoms with van der Waals surface area (Å²) >= 11 is 0. The van der Waals surface area contributed by atoms with Gasteiger partial charge in [0.05, 0.1) is 13.2 Å². The molecule has 2 aromatic rings. The lowest BCUT2D eigenvalue weighted by Crippen LogP contribution is -2.36. The minimum absolute atomic E-state index is 0. The van der Waals surface area contributed by atoms with Crippen molar-refractivity contribution in [3.05, 3.63) is 53.6 Å². The fourth-order valence-electron chi connectivity index (χ4n) is 2.49. The molecule has 0 saturated carbocycles.